The highest BCUT2D eigenvalue weighted by atomic mass is 35.5. The summed E-state index contributed by atoms with van der Waals surface area (Å²) in [7, 11) is 0. The first-order valence-corrected chi connectivity index (χ1v) is 6.55. The third-order valence-corrected chi connectivity index (χ3v) is 3.41. The topological polar surface area (TPSA) is 35.8 Å². The van der Waals surface area contributed by atoms with Crippen molar-refractivity contribution in [1.82, 2.24) is 5.32 Å². The van der Waals surface area contributed by atoms with Gasteiger partial charge in [0.2, 0.25) is 0 Å². The van der Waals surface area contributed by atoms with E-state index in [0.29, 0.717) is 5.02 Å². The van der Waals surface area contributed by atoms with Crippen molar-refractivity contribution >= 4 is 11.6 Å². The third kappa shape index (κ3) is 3.35. The molecule has 0 saturated carbocycles. The lowest BCUT2D eigenvalue weighted by Gasteiger charge is -2.19. The standard InChI is InChI=1S/C16H15ClN2/c1-12(13-7-3-2-4-8-13)19-16(11-18)14-9-5-6-10-15(14)17/h2-10,12,16,19H,1H3. The number of nitriles is 1. The van der Waals surface area contributed by atoms with Gasteiger partial charge in [-0.05, 0) is 18.6 Å². The zero-order valence-corrected chi connectivity index (χ0v) is 11.4. The molecule has 0 bridgehead atoms. The Bertz CT molecular complexity index is 575. The van der Waals surface area contributed by atoms with Crippen LogP contribution in [-0.2, 0) is 0 Å². The smallest absolute Gasteiger partial charge is 0.123 e. The molecule has 0 aliphatic carbocycles. The molecule has 0 heterocycles. The molecule has 2 aromatic rings. The van der Waals surface area contributed by atoms with Crippen LogP contribution in [0.4, 0.5) is 0 Å². The molecule has 0 aliphatic heterocycles. The fraction of sp³-hybridized carbons (Fsp3) is 0.188. The largest absolute Gasteiger partial charge is 0.292 e. The van der Waals surface area contributed by atoms with Gasteiger partial charge in [0.05, 0.1) is 6.07 Å². The number of halogens is 1. The maximum absolute atomic E-state index is 9.33. The zero-order valence-electron chi connectivity index (χ0n) is 10.7. The average Bonchev–Trinajstić information content (AvgIpc) is 2.46. The molecule has 0 spiro atoms. The van der Waals surface area contributed by atoms with Gasteiger partial charge in [0, 0.05) is 16.6 Å². The van der Waals surface area contributed by atoms with Gasteiger partial charge in [-0.2, -0.15) is 5.26 Å². The first-order valence-electron chi connectivity index (χ1n) is 6.17. The second kappa shape index (κ2) is 6.38. The second-order valence-corrected chi connectivity index (χ2v) is 4.79. The van der Waals surface area contributed by atoms with Crippen molar-refractivity contribution in [3.8, 4) is 6.07 Å². The van der Waals surface area contributed by atoms with E-state index >= 15 is 0 Å². The molecule has 0 saturated heterocycles. The van der Waals surface area contributed by atoms with Crippen molar-refractivity contribution in [1.29, 1.82) is 5.26 Å². The summed E-state index contributed by atoms with van der Waals surface area (Å²) in [4.78, 5) is 0. The normalized spacial score (nSPS) is 13.5. The minimum absolute atomic E-state index is 0.0853. The summed E-state index contributed by atoms with van der Waals surface area (Å²) in [6.07, 6.45) is 0. The van der Waals surface area contributed by atoms with Gasteiger partial charge in [-0.3, -0.25) is 5.32 Å². The van der Waals surface area contributed by atoms with Crippen LogP contribution in [-0.4, -0.2) is 0 Å². The minimum atomic E-state index is -0.413. The molecule has 0 aliphatic rings. The molecule has 19 heavy (non-hydrogen) atoms. The highest BCUT2D eigenvalue weighted by molar-refractivity contribution is 6.31. The number of nitrogens with one attached hydrogen (secondary N) is 1. The number of nitrogens with zero attached hydrogens (tertiary/aromatic N) is 1. The Morgan fingerprint density at radius 2 is 1.68 bits per heavy atom. The Morgan fingerprint density at radius 1 is 1.05 bits per heavy atom. The Kier molecular flexibility index (Phi) is 4.57. The van der Waals surface area contributed by atoms with Gasteiger partial charge in [0.1, 0.15) is 6.04 Å². The summed E-state index contributed by atoms with van der Waals surface area (Å²) in [5.41, 5.74) is 1.96. The predicted octanol–water partition coefficient (Wildman–Crippen LogP) is 4.26. The molecule has 96 valence electrons. The van der Waals surface area contributed by atoms with Crippen molar-refractivity contribution in [2.45, 2.75) is 19.0 Å². The van der Waals surface area contributed by atoms with Crippen LogP contribution in [0.2, 0.25) is 5.02 Å². The lowest BCUT2D eigenvalue weighted by molar-refractivity contribution is 0.533. The van der Waals surface area contributed by atoms with Gasteiger partial charge < -0.3 is 0 Å². The van der Waals surface area contributed by atoms with Gasteiger partial charge in [0.15, 0.2) is 0 Å². The molecule has 2 atom stereocenters. The lowest BCUT2D eigenvalue weighted by atomic mass is 10.0. The molecule has 2 nitrogen and oxygen atoms in total. The molecule has 0 aromatic heterocycles. The van der Waals surface area contributed by atoms with E-state index in [9.17, 15) is 5.26 Å². The van der Waals surface area contributed by atoms with E-state index in [0.717, 1.165) is 11.1 Å². The minimum Gasteiger partial charge on any atom is -0.292 e. The summed E-state index contributed by atoms with van der Waals surface area (Å²) >= 11 is 6.14. The van der Waals surface area contributed by atoms with E-state index in [1.807, 2.05) is 55.5 Å². The average molecular weight is 271 g/mol. The van der Waals surface area contributed by atoms with Crippen molar-refractivity contribution in [3.63, 3.8) is 0 Å². The Labute approximate surface area is 118 Å². The maximum atomic E-state index is 9.33. The summed E-state index contributed by atoms with van der Waals surface area (Å²) in [6.45, 7) is 2.04. The van der Waals surface area contributed by atoms with E-state index in [4.69, 9.17) is 11.6 Å². The molecule has 2 aromatic carbocycles. The third-order valence-electron chi connectivity index (χ3n) is 3.06. The van der Waals surface area contributed by atoms with Crippen molar-refractivity contribution in [2.24, 2.45) is 0 Å². The van der Waals surface area contributed by atoms with Gasteiger partial charge in [-0.15, -0.1) is 0 Å². The molecule has 0 fully saturated rings. The molecular formula is C16H15ClN2. The molecule has 0 radical (unpaired) electrons. The van der Waals surface area contributed by atoms with Crippen LogP contribution in [0, 0.1) is 11.3 Å². The second-order valence-electron chi connectivity index (χ2n) is 4.38. The number of hydrogen-bond donors (Lipinski definition) is 1. The molecule has 1 N–H and O–H groups in total. The molecular weight excluding hydrogens is 256 g/mol. The van der Waals surface area contributed by atoms with Crippen LogP contribution < -0.4 is 5.32 Å². The van der Waals surface area contributed by atoms with Crippen molar-refractivity contribution in [2.75, 3.05) is 0 Å². The van der Waals surface area contributed by atoms with Crippen LogP contribution in [0.3, 0.4) is 0 Å². The van der Waals surface area contributed by atoms with E-state index in [1.165, 1.54) is 0 Å². The molecule has 3 heteroatoms. The predicted molar refractivity (Wildman–Crippen MR) is 77.8 cm³/mol. The maximum Gasteiger partial charge on any atom is 0.123 e. The van der Waals surface area contributed by atoms with Crippen LogP contribution in [0.5, 0.6) is 0 Å². The van der Waals surface area contributed by atoms with E-state index in [-0.39, 0.29) is 6.04 Å². The summed E-state index contributed by atoms with van der Waals surface area (Å²) in [6, 6.07) is 19.4. The van der Waals surface area contributed by atoms with Crippen LogP contribution in [0.25, 0.3) is 0 Å². The number of rotatable bonds is 4. The lowest BCUT2D eigenvalue weighted by Crippen LogP contribution is -2.23. The van der Waals surface area contributed by atoms with E-state index < -0.39 is 6.04 Å². The van der Waals surface area contributed by atoms with E-state index in [1.54, 1.807) is 6.07 Å². The van der Waals surface area contributed by atoms with Crippen molar-refractivity contribution < 1.29 is 0 Å². The first kappa shape index (κ1) is 13.6. The van der Waals surface area contributed by atoms with Gasteiger partial charge >= 0.3 is 0 Å². The Hall–Kier alpha value is -1.82. The number of hydrogen-bond acceptors (Lipinski definition) is 2. The number of benzene rings is 2. The van der Waals surface area contributed by atoms with Gasteiger partial charge in [0.25, 0.3) is 0 Å². The first-order chi connectivity index (χ1) is 9.22. The highest BCUT2D eigenvalue weighted by Gasteiger charge is 2.16. The van der Waals surface area contributed by atoms with Crippen LogP contribution in [0.1, 0.15) is 30.1 Å². The van der Waals surface area contributed by atoms with E-state index in [2.05, 4.69) is 11.4 Å². The monoisotopic (exact) mass is 270 g/mol. The summed E-state index contributed by atoms with van der Waals surface area (Å²) < 4.78 is 0. The summed E-state index contributed by atoms with van der Waals surface area (Å²) in [5.74, 6) is 0. The van der Waals surface area contributed by atoms with Crippen LogP contribution >= 0.6 is 11.6 Å². The SMILES string of the molecule is CC(NC(C#N)c1ccccc1Cl)c1ccccc1. The van der Waals surface area contributed by atoms with Crippen LogP contribution in [0.15, 0.2) is 54.6 Å². The highest BCUT2D eigenvalue weighted by Crippen LogP contribution is 2.25. The van der Waals surface area contributed by atoms with Gasteiger partial charge in [-0.25, -0.2) is 0 Å². The molecule has 2 unspecified atom stereocenters. The van der Waals surface area contributed by atoms with Crippen molar-refractivity contribution in [3.05, 3.63) is 70.7 Å². The molecule has 2 rings (SSSR count). The Morgan fingerprint density at radius 3 is 2.32 bits per heavy atom. The molecule has 0 amide bonds. The quantitative estimate of drug-likeness (QED) is 0.901. The fourth-order valence-electron chi connectivity index (χ4n) is 1.99. The fourth-order valence-corrected chi connectivity index (χ4v) is 2.24. The zero-order chi connectivity index (χ0) is 13.7. The Balaban J connectivity index is 2.17. The van der Waals surface area contributed by atoms with Gasteiger partial charge in [-0.1, -0.05) is 60.1 Å². The summed E-state index contributed by atoms with van der Waals surface area (Å²) in [5, 5.41) is 13.2.